The molecule has 0 bridgehead atoms. The van der Waals surface area contributed by atoms with E-state index in [0.29, 0.717) is 0 Å². The molecule has 0 radical (unpaired) electrons. The lowest BCUT2D eigenvalue weighted by Gasteiger charge is -2.21. The molecular weight excluding hydrogens is 196 g/mol. The first-order valence-corrected chi connectivity index (χ1v) is 5.21. The first-order chi connectivity index (χ1) is 6.66. The molecule has 0 atom stereocenters. The van der Waals surface area contributed by atoms with E-state index in [9.17, 15) is 0 Å². The van der Waals surface area contributed by atoms with Crippen LogP contribution in [-0.2, 0) is 0 Å². The molecule has 78 valence electrons. The number of benzene rings is 1. The minimum Gasteiger partial charge on any atom is -0.374 e. The van der Waals surface area contributed by atoms with Crippen molar-refractivity contribution < 1.29 is 0 Å². The van der Waals surface area contributed by atoms with Crippen molar-refractivity contribution in [2.24, 2.45) is 5.73 Å². The summed E-state index contributed by atoms with van der Waals surface area (Å²) in [5, 5.41) is 0.821. The van der Waals surface area contributed by atoms with Gasteiger partial charge in [0, 0.05) is 24.3 Å². The van der Waals surface area contributed by atoms with E-state index in [1.54, 1.807) is 0 Å². The average molecular weight is 213 g/mol. The van der Waals surface area contributed by atoms with Crippen molar-refractivity contribution in [1.29, 1.82) is 0 Å². The molecule has 0 fully saturated rings. The summed E-state index contributed by atoms with van der Waals surface area (Å²) in [4.78, 5) is 2.19. The second kappa shape index (κ2) is 5.23. The molecule has 14 heavy (non-hydrogen) atoms. The summed E-state index contributed by atoms with van der Waals surface area (Å²) >= 11 is 6.04. The molecule has 0 amide bonds. The van der Waals surface area contributed by atoms with Crippen LogP contribution in [0.1, 0.15) is 12.0 Å². The quantitative estimate of drug-likeness (QED) is 0.831. The van der Waals surface area contributed by atoms with E-state index in [0.717, 1.165) is 30.1 Å². The molecule has 0 aliphatic carbocycles. The Hall–Kier alpha value is -0.730. The third kappa shape index (κ3) is 2.63. The molecule has 1 aromatic rings. The van der Waals surface area contributed by atoms with Crippen LogP contribution in [0.3, 0.4) is 0 Å². The van der Waals surface area contributed by atoms with Crippen LogP contribution in [0.25, 0.3) is 0 Å². The standard InChI is InChI=1S/C11H17ClN2/c1-9-10(12)5-3-6-11(9)14(2)8-4-7-13/h3,5-6H,4,7-8,13H2,1-2H3. The fourth-order valence-corrected chi connectivity index (χ4v) is 1.63. The van der Waals surface area contributed by atoms with Crippen LogP contribution in [0.4, 0.5) is 5.69 Å². The summed E-state index contributed by atoms with van der Waals surface area (Å²) < 4.78 is 0. The number of anilines is 1. The van der Waals surface area contributed by atoms with Crippen LogP contribution in [0.5, 0.6) is 0 Å². The van der Waals surface area contributed by atoms with E-state index in [-0.39, 0.29) is 0 Å². The van der Waals surface area contributed by atoms with Crippen molar-refractivity contribution in [2.45, 2.75) is 13.3 Å². The van der Waals surface area contributed by atoms with Crippen LogP contribution in [-0.4, -0.2) is 20.1 Å². The van der Waals surface area contributed by atoms with Crippen molar-refractivity contribution in [1.82, 2.24) is 0 Å². The number of halogens is 1. The highest BCUT2D eigenvalue weighted by atomic mass is 35.5. The van der Waals surface area contributed by atoms with Gasteiger partial charge in [-0.15, -0.1) is 0 Å². The van der Waals surface area contributed by atoms with Crippen molar-refractivity contribution in [3.05, 3.63) is 28.8 Å². The Morgan fingerprint density at radius 3 is 2.79 bits per heavy atom. The van der Waals surface area contributed by atoms with Gasteiger partial charge in [-0.05, 0) is 37.6 Å². The van der Waals surface area contributed by atoms with E-state index in [4.69, 9.17) is 17.3 Å². The van der Waals surface area contributed by atoms with Crippen molar-refractivity contribution in [3.63, 3.8) is 0 Å². The SMILES string of the molecule is Cc1c(Cl)cccc1N(C)CCCN. The molecule has 0 heterocycles. The molecule has 1 rings (SSSR count). The number of hydrogen-bond donors (Lipinski definition) is 1. The Kier molecular flexibility index (Phi) is 4.23. The second-order valence-electron chi connectivity index (χ2n) is 3.45. The van der Waals surface area contributed by atoms with Crippen LogP contribution < -0.4 is 10.6 Å². The Bertz CT molecular complexity index is 299. The summed E-state index contributed by atoms with van der Waals surface area (Å²) in [6.45, 7) is 3.73. The van der Waals surface area contributed by atoms with Gasteiger partial charge in [0.1, 0.15) is 0 Å². The maximum Gasteiger partial charge on any atom is 0.0455 e. The van der Waals surface area contributed by atoms with Gasteiger partial charge in [0.2, 0.25) is 0 Å². The van der Waals surface area contributed by atoms with E-state index < -0.39 is 0 Å². The Morgan fingerprint density at radius 2 is 2.14 bits per heavy atom. The first kappa shape index (κ1) is 11.3. The molecule has 0 aliphatic heterocycles. The molecule has 0 unspecified atom stereocenters. The highest BCUT2D eigenvalue weighted by molar-refractivity contribution is 6.31. The number of nitrogens with two attached hydrogens (primary N) is 1. The van der Waals surface area contributed by atoms with Gasteiger partial charge >= 0.3 is 0 Å². The zero-order valence-electron chi connectivity index (χ0n) is 8.76. The predicted molar refractivity (Wildman–Crippen MR) is 63.1 cm³/mol. The van der Waals surface area contributed by atoms with Crippen molar-refractivity contribution in [2.75, 3.05) is 25.0 Å². The molecule has 1 aromatic carbocycles. The average Bonchev–Trinajstić information content (AvgIpc) is 2.18. The van der Waals surface area contributed by atoms with Crippen molar-refractivity contribution in [3.8, 4) is 0 Å². The minimum atomic E-state index is 0.726. The van der Waals surface area contributed by atoms with E-state index in [2.05, 4.69) is 18.0 Å². The third-order valence-corrected chi connectivity index (χ3v) is 2.76. The van der Waals surface area contributed by atoms with Crippen molar-refractivity contribution >= 4 is 17.3 Å². The highest BCUT2D eigenvalue weighted by Gasteiger charge is 2.05. The molecule has 0 aromatic heterocycles. The lowest BCUT2D eigenvalue weighted by Crippen LogP contribution is -2.21. The van der Waals surface area contributed by atoms with Gasteiger partial charge in [-0.25, -0.2) is 0 Å². The number of rotatable bonds is 4. The molecule has 2 nitrogen and oxygen atoms in total. The number of hydrogen-bond acceptors (Lipinski definition) is 2. The molecule has 0 aliphatic rings. The Morgan fingerprint density at radius 1 is 1.43 bits per heavy atom. The summed E-state index contributed by atoms with van der Waals surface area (Å²) in [6, 6.07) is 5.97. The zero-order valence-corrected chi connectivity index (χ0v) is 9.51. The van der Waals surface area contributed by atoms with Crippen LogP contribution >= 0.6 is 11.6 Å². The van der Waals surface area contributed by atoms with Crippen LogP contribution in [0, 0.1) is 6.92 Å². The molecule has 0 saturated heterocycles. The maximum absolute atomic E-state index is 6.04. The second-order valence-corrected chi connectivity index (χ2v) is 3.85. The Balaban J connectivity index is 2.79. The van der Waals surface area contributed by atoms with E-state index in [1.807, 2.05) is 19.1 Å². The monoisotopic (exact) mass is 212 g/mol. The highest BCUT2D eigenvalue weighted by Crippen LogP contribution is 2.25. The molecule has 3 heteroatoms. The molecule has 0 saturated carbocycles. The third-order valence-electron chi connectivity index (χ3n) is 2.35. The van der Waals surface area contributed by atoms with Gasteiger partial charge in [0.05, 0.1) is 0 Å². The summed E-state index contributed by atoms with van der Waals surface area (Å²) in [5.41, 5.74) is 7.79. The van der Waals surface area contributed by atoms with Crippen LogP contribution in [0.15, 0.2) is 18.2 Å². The fourth-order valence-electron chi connectivity index (χ4n) is 1.46. The fraction of sp³-hybridized carbons (Fsp3) is 0.455. The largest absolute Gasteiger partial charge is 0.374 e. The smallest absolute Gasteiger partial charge is 0.0455 e. The zero-order chi connectivity index (χ0) is 10.6. The minimum absolute atomic E-state index is 0.726. The topological polar surface area (TPSA) is 29.3 Å². The summed E-state index contributed by atoms with van der Waals surface area (Å²) in [6.07, 6.45) is 1.00. The van der Waals surface area contributed by atoms with Gasteiger partial charge < -0.3 is 10.6 Å². The van der Waals surface area contributed by atoms with Gasteiger partial charge in [-0.2, -0.15) is 0 Å². The maximum atomic E-state index is 6.04. The molecule has 0 spiro atoms. The number of nitrogens with zero attached hydrogens (tertiary/aromatic N) is 1. The van der Waals surface area contributed by atoms with E-state index in [1.165, 1.54) is 5.69 Å². The van der Waals surface area contributed by atoms with Gasteiger partial charge in [-0.1, -0.05) is 17.7 Å². The summed E-state index contributed by atoms with van der Waals surface area (Å²) in [5.74, 6) is 0. The van der Waals surface area contributed by atoms with Gasteiger partial charge in [0.25, 0.3) is 0 Å². The summed E-state index contributed by atoms with van der Waals surface area (Å²) in [7, 11) is 2.06. The Labute approximate surface area is 90.7 Å². The van der Waals surface area contributed by atoms with Gasteiger partial charge in [0.15, 0.2) is 0 Å². The van der Waals surface area contributed by atoms with E-state index >= 15 is 0 Å². The lowest BCUT2D eigenvalue weighted by atomic mass is 10.2. The van der Waals surface area contributed by atoms with Crippen LogP contribution in [0.2, 0.25) is 5.02 Å². The molecular formula is C11H17ClN2. The van der Waals surface area contributed by atoms with Gasteiger partial charge in [-0.3, -0.25) is 0 Å². The lowest BCUT2D eigenvalue weighted by molar-refractivity contribution is 0.794. The molecule has 2 N–H and O–H groups in total. The first-order valence-electron chi connectivity index (χ1n) is 4.83. The predicted octanol–water partition coefficient (Wildman–Crippen LogP) is 2.43. The normalized spacial score (nSPS) is 10.3.